The number of hydrogen-bond donors (Lipinski definition) is 1. The average molecular weight is 209 g/mol. The molecular weight excluding hydrogens is 190 g/mol. The second-order valence-electron chi connectivity index (χ2n) is 4.02. The van der Waals surface area contributed by atoms with E-state index >= 15 is 0 Å². The molecule has 0 saturated carbocycles. The predicted octanol–water partition coefficient (Wildman–Crippen LogP) is 1.34. The van der Waals surface area contributed by atoms with Gasteiger partial charge in [-0.15, -0.1) is 0 Å². The topological polar surface area (TPSA) is 39.1 Å². The van der Waals surface area contributed by atoms with Crippen molar-refractivity contribution in [3.05, 3.63) is 18.0 Å². The molecule has 4 heteroatoms. The van der Waals surface area contributed by atoms with Crippen LogP contribution in [0.3, 0.4) is 0 Å². The predicted molar refractivity (Wildman–Crippen MR) is 58.7 cm³/mol. The van der Waals surface area contributed by atoms with Gasteiger partial charge in [0.05, 0.1) is 18.8 Å². The lowest BCUT2D eigenvalue weighted by Gasteiger charge is -2.06. The van der Waals surface area contributed by atoms with Gasteiger partial charge in [-0.25, -0.2) is 0 Å². The first-order valence-corrected chi connectivity index (χ1v) is 5.71. The van der Waals surface area contributed by atoms with E-state index in [0.717, 1.165) is 32.7 Å². The highest BCUT2D eigenvalue weighted by Gasteiger charge is 2.17. The molecule has 1 aromatic heterocycles. The van der Waals surface area contributed by atoms with Gasteiger partial charge in [0.25, 0.3) is 0 Å². The van der Waals surface area contributed by atoms with Crippen LogP contribution in [0.15, 0.2) is 12.4 Å². The van der Waals surface area contributed by atoms with E-state index in [-0.39, 0.29) is 0 Å². The maximum Gasteiger partial charge on any atom is 0.0774 e. The number of hydrogen-bond acceptors (Lipinski definition) is 3. The Morgan fingerprint density at radius 1 is 1.67 bits per heavy atom. The van der Waals surface area contributed by atoms with Crippen LogP contribution in [-0.4, -0.2) is 29.5 Å². The van der Waals surface area contributed by atoms with Crippen LogP contribution in [0, 0.1) is 0 Å². The van der Waals surface area contributed by atoms with Crippen LogP contribution in [0.25, 0.3) is 0 Å². The van der Waals surface area contributed by atoms with Crippen molar-refractivity contribution in [3.63, 3.8) is 0 Å². The minimum absolute atomic E-state index is 0.449. The highest BCUT2D eigenvalue weighted by molar-refractivity contribution is 5.04. The second-order valence-corrected chi connectivity index (χ2v) is 4.02. The highest BCUT2D eigenvalue weighted by atomic mass is 16.5. The fourth-order valence-electron chi connectivity index (χ4n) is 1.81. The van der Waals surface area contributed by atoms with Crippen LogP contribution in [0.1, 0.15) is 31.4 Å². The fourth-order valence-corrected chi connectivity index (χ4v) is 1.81. The summed E-state index contributed by atoms with van der Waals surface area (Å²) < 4.78 is 7.38. The van der Waals surface area contributed by atoms with Gasteiger partial charge in [0.2, 0.25) is 0 Å². The summed E-state index contributed by atoms with van der Waals surface area (Å²) in [7, 11) is 0. The van der Waals surface area contributed by atoms with Crippen LogP contribution in [0.4, 0.5) is 0 Å². The van der Waals surface area contributed by atoms with Crippen molar-refractivity contribution in [2.24, 2.45) is 0 Å². The number of nitrogens with one attached hydrogen (secondary N) is 1. The highest BCUT2D eigenvalue weighted by Crippen LogP contribution is 2.17. The average Bonchev–Trinajstić information content (AvgIpc) is 2.87. The Kier molecular flexibility index (Phi) is 3.75. The van der Waals surface area contributed by atoms with E-state index in [1.165, 1.54) is 12.0 Å². The maximum absolute atomic E-state index is 5.34. The second kappa shape index (κ2) is 5.28. The number of aromatic nitrogens is 2. The summed E-state index contributed by atoms with van der Waals surface area (Å²) >= 11 is 0. The molecule has 0 radical (unpaired) electrons. The van der Waals surface area contributed by atoms with E-state index < -0.39 is 0 Å². The van der Waals surface area contributed by atoms with E-state index in [1.807, 2.05) is 10.9 Å². The van der Waals surface area contributed by atoms with E-state index in [2.05, 4.69) is 23.5 Å². The van der Waals surface area contributed by atoms with Crippen molar-refractivity contribution in [3.8, 4) is 0 Å². The minimum Gasteiger partial charge on any atom is -0.379 e. The van der Waals surface area contributed by atoms with Gasteiger partial charge in [-0.2, -0.15) is 5.10 Å². The van der Waals surface area contributed by atoms with Crippen molar-refractivity contribution in [2.75, 3.05) is 19.8 Å². The normalized spacial score (nSPS) is 21.0. The first kappa shape index (κ1) is 10.6. The number of rotatable bonds is 5. The Morgan fingerprint density at radius 3 is 3.33 bits per heavy atom. The zero-order valence-electron chi connectivity index (χ0n) is 9.28. The molecule has 1 atom stereocenters. The van der Waals surface area contributed by atoms with E-state index in [9.17, 15) is 0 Å². The van der Waals surface area contributed by atoms with Crippen LogP contribution in [0.2, 0.25) is 0 Å². The molecule has 0 amide bonds. The maximum atomic E-state index is 5.34. The van der Waals surface area contributed by atoms with Crippen LogP contribution >= 0.6 is 0 Å². The summed E-state index contributed by atoms with van der Waals surface area (Å²) in [5, 5.41) is 7.74. The molecule has 0 aliphatic carbocycles. The third-order valence-electron chi connectivity index (χ3n) is 2.69. The summed E-state index contributed by atoms with van der Waals surface area (Å²) in [5.74, 6) is 0. The molecule has 1 aliphatic rings. The zero-order valence-corrected chi connectivity index (χ0v) is 9.28. The molecule has 1 fully saturated rings. The lowest BCUT2D eigenvalue weighted by atomic mass is 10.3. The molecule has 15 heavy (non-hydrogen) atoms. The molecule has 0 bridgehead atoms. The molecule has 84 valence electrons. The smallest absolute Gasteiger partial charge is 0.0774 e. The van der Waals surface area contributed by atoms with Crippen LogP contribution < -0.4 is 5.32 Å². The Labute approximate surface area is 90.6 Å². The molecular formula is C11H19N3O. The molecule has 2 heterocycles. The van der Waals surface area contributed by atoms with Gasteiger partial charge in [0, 0.05) is 24.9 Å². The van der Waals surface area contributed by atoms with Gasteiger partial charge in [-0.05, 0) is 19.4 Å². The summed E-state index contributed by atoms with van der Waals surface area (Å²) in [6.45, 7) is 5.84. The lowest BCUT2D eigenvalue weighted by molar-refractivity contribution is 0.184. The van der Waals surface area contributed by atoms with Crippen molar-refractivity contribution >= 4 is 0 Å². The molecule has 1 aliphatic heterocycles. The summed E-state index contributed by atoms with van der Waals surface area (Å²) in [5.41, 5.74) is 1.26. The van der Waals surface area contributed by atoms with E-state index in [4.69, 9.17) is 4.74 Å². The molecule has 1 aromatic rings. The molecule has 0 aromatic carbocycles. The SMILES string of the molecule is CCCNCc1cnn(C2CCOC2)c1. The van der Waals surface area contributed by atoms with Gasteiger partial charge in [0.15, 0.2) is 0 Å². The molecule has 2 rings (SSSR count). The van der Waals surface area contributed by atoms with Gasteiger partial charge >= 0.3 is 0 Å². The van der Waals surface area contributed by atoms with Crippen LogP contribution in [-0.2, 0) is 11.3 Å². The molecule has 4 nitrogen and oxygen atoms in total. The standard InChI is InChI=1S/C11H19N3O/c1-2-4-12-6-10-7-13-14(8-10)11-3-5-15-9-11/h7-8,11-12H,2-6,9H2,1H3. The molecule has 1 unspecified atom stereocenters. The van der Waals surface area contributed by atoms with E-state index in [1.54, 1.807) is 0 Å². The van der Waals surface area contributed by atoms with Gasteiger partial charge in [0.1, 0.15) is 0 Å². The van der Waals surface area contributed by atoms with Gasteiger partial charge in [-0.3, -0.25) is 4.68 Å². The third kappa shape index (κ3) is 2.79. The summed E-state index contributed by atoms with van der Waals surface area (Å²) in [6.07, 6.45) is 6.33. The number of nitrogens with zero attached hydrogens (tertiary/aromatic N) is 2. The third-order valence-corrected chi connectivity index (χ3v) is 2.69. The first-order chi connectivity index (χ1) is 7.40. The Hall–Kier alpha value is -0.870. The largest absolute Gasteiger partial charge is 0.379 e. The quantitative estimate of drug-likeness (QED) is 0.744. The molecule has 1 N–H and O–H groups in total. The molecule has 0 spiro atoms. The fraction of sp³-hybridized carbons (Fsp3) is 0.727. The lowest BCUT2D eigenvalue weighted by Crippen LogP contribution is -2.13. The Morgan fingerprint density at radius 2 is 2.60 bits per heavy atom. The van der Waals surface area contributed by atoms with Crippen molar-refractivity contribution in [1.82, 2.24) is 15.1 Å². The Balaban J connectivity index is 1.86. The van der Waals surface area contributed by atoms with Crippen molar-refractivity contribution in [1.29, 1.82) is 0 Å². The van der Waals surface area contributed by atoms with Crippen molar-refractivity contribution in [2.45, 2.75) is 32.4 Å². The van der Waals surface area contributed by atoms with Crippen LogP contribution in [0.5, 0.6) is 0 Å². The van der Waals surface area contributed by atoms with Gasteiger partial charge < -0.3 is 10.1 Å². The molecule has 1 saturated heterocycles. The Bertz CT molecular complexity index is 292. The van der Waals surface area contributed by atoms with Gasteiger partial charge in [-0.1, -0.05) is 6.92 Å². The van der Waals surface area contributed by atoms with Crippen molar-refractivity contribution < 1.29 is 4.74 Å². The van der Waals surface area contributed by atoms with E-state index in [0.29, 0.717) is 6.04 Å². The number of ether oxygens (including phenoxy) is 1. The summed E-state index contributed by atoms with van der Waals surface area (Å²) in [6, 6.07) is 0.449. The monoisotopic (exact) mass is 209 g/mol. The first-order valence-electron chi connectivity index (χ1n) is 5.71. The summed E-state index contributed by atoms with van der Waals surface area (Å²) in [4.78, 5) is 0. The minimum atomic E-state index is 0.449. The zero-order chi connectivity index (χ0) is 10.5.